The summed E-state index contributed by atoms with van der Waals surface area (Å²) in [5.41, 5.74) is 0. The van der Waals surface area contributed by atoms with Gasteiger partial charge >= 0.3 is 0 Å². The second-order valence-electron chi connectivity index (χ2n) is 6.71. The topological polar surface area (TPSA) is 21.3 Å². The summed E-state index contributed by atoms with van der Waals surface area (Å²) >= 11 is 0. The Morgan fingerprint density at radius 3 is 1.95 bits per heavy atom. The highest BCUT2D eigenvalue weighted by Gasteiger charge is 2.14. The molecule has 0 aromatic rings. The van der Waals surface area contributed by atoms with Crippen molar-refractivity contribution >= 4 is 0 Å². The summed E-state index contributed by atoms with van der Waals surface area (Å²) in [4.78, 5) is 0. The van der Waals surface area contributed by atoms with E-state index in [1.54, 1.807) is 0 Å². The minimum absolute atomic E-state index is 0.573. The Morgan fingerprint density at radius 1 is 0.762 bits per heavy atom. The van der Waals surface area contributed by atoms with Gasteiger partial charge in [-0.15, -0.1) is 0 Å². The average molecular weight is 298 g/mol. The van der Waals surface area contributed by atoms with Gasteiger partial charge in [0.25, 0.3) is 0 Å². The zero-order chi connectivity index (χ0) is 15.0. The quantitative estimate of drug-likeness (QED) is 0.405. The highest BCUT2D eigenvalue weighted by Crippen LogP contribution is 2.20. The van der Waals surface area contributed by atoms with Crippen LogP contribution in [0.2, 0.25) is 0 Å². The third-order valence-electron chi connectivity index (χ3n) is 4.64. The van der Waals surface area contributed by atoms with Gasteiger partial charge in [0.1, 0.15) is 0 Å². The number of ether oxygens (including phenoxy) is 1. The monoisotopic (exact) mass is 297 g/mol. The molecule has 1 N–H and O–H groups in total. The van der Waals surface area contributed by atoms with Crippen LogP contribution in [0.1, 0.15) is 96.8 Å². The Hall–Kier alpha value is -0.0800. The maximum Gasteiger partial charge on any atom is 0.0594 e. The van der Waals surface area contributed by atoms with Gasteiger partial charge in [0.2, 0.25) is 0 Å². The highest BCUT2D eigenvalue weighted by molar-refractivity contribution is 4.66. The molecule has 0 atom stereocenters. The van der Waals surface area contributed by atoms with E-state index in [0.717, 1.165) is 13.2 Å². The average Bonchev–Trinajstić information content (AvgIpc) is 3.01. The molecular formula is C19H39NO. The molecule has 0 amide bonds. The van der Waals surface area contributed by atoms with Gasteiger partial charge in [-0.3, -0.25) is 0 Å². The van der Waals surface area contributed by atoms with Crippen LogP contribution in [0.25, 0.3) is 0 Å². The van der Waals surface area contributed by atoms with Crippen molar-refractivity contribution in [2.45, 2.75) is 103 Å². The molecule has 1 saturated carbocycles. The molecule has 1 aliphatic rings. The Bertz CT molecular complexity index is 202. The van der Waals surface area contributed by atoms with E-state index in [1.807, 2.05) is 0 Å². The fourth-order valence-electron chi connectivity index (χ4n) is 3.22. The first kappa shape index (κ1) is 19.0. The van der Waals surface area contributed by atoms with Crippen LogP contribution in [0.3, 0.4) is 0 Å². The minimum atomic E-state index is 0.573. The van der Waals surface area contributed by atoms with Crippen molar-refractivity contribution in [1.82, 2.24) is 5.32 Å². The van der Waals surface area contributed by atoms with Gasteiger partial charge < -0.3 is 10.1 Å². The number of hydrogen-bond acceptors (Lipinski definition) is 2. The number of rotatable bonds is 15. The lowest BCUT2D eigenvalue weighted by Gasteiger charge is -2.11. The summed E-state index contributed by atoms with van der Waals surface area (Å²) in [5, 5.41) is 3.51. The van der Waals surface area contributed by atoms with E-state index in [-0.39, 0.29) is 0 Å². The molecule has 0 unspecified atom stereocenters. The summed E-state index contributed by atoms with van der Waals surface area (Å²) in [6.07, 6.45) is 20.1. The Labute approximate surface area is 133 Å². The van der Waals surface area contributed by atoms with E-state index in [1.165, 1.54) is 96.4 Å². The summed E-state index contributed by atoms with van der Waals surface area (Å²) in [5.74, 6) is 0. The number of hydrogen-bond donors (Lipinski definition) is 1. The van der Waals surface area contributed by atoms with Gasteiger partial charge in [-0.05, 0) is 25.8 Å². The normalized spacial score (nSPS) is 15.9. The Balaban J connectivity index is 1.65. The van der Waals surface area contributed by atoms with Crippen molar-refractivity contribution < 1.29 is 4.74 Å². The molecule has 2 nitrogen and oxygen atoms in total. The molecule has 0 aliphatic heterocycles. The summed E-state index contributed by atoms with van der Waals surface area (Å²) in [6, 6.07) is 0. The maximum absolute atomic E-state index is 5.84. The van der Waals surface area contributed by atoms with Crippen LogP contribution >= 0.6 is 0 Å². The van der Waals surface area contributed by atoms with Crippen molar-refractivity contribution in [2.75, 3.05) is 19.7 Å². The molecule has 1 rings (SSSR count). The standard InChI is InChI=1S/C19H39NO/c1-2-3-4-5-6-7-8-9-10-13-16-20-17-18-21-19-14-11-12-15-19/h19-20H,2-18H2,1H3. The van der Waals surface area contributed by atoms with Gasteiger partial charge in [-0.25, -0.2) is 0 Å². The van der Waals surface area contributed by atoms with Gasteiger partial charge in [0.05, 0.1) is 12.7 Å². The van der Waals surface area contributed by atoms with Crippen molar-refractivity contribution in [3.05, 3.63) is 0 Å². The van der Waals surface area contributed by atoms with Crippen LogP contribution in [0.15, 0.2) is 0 Å². The minimum Gasteiger partial charge on any atom is -0.377 e. The lowest BCUT2D eigenvalue weighted by atomic mass is 10.1. The van der Waals surface area contributed by atoms with Crippen LogP contribution in [0, 0.1) is 0 Å². The predicted octanol–water partition coefficient (Wildman–Crippen LogP) is 5.46. The molecule has 0 bridgehead atoms. The lowest BCUT2D eigenvalue weighted by molar-refractivity contribution is 0.0604. The molecule has 126 valence electrons. The molecule has 2 heteroatoms. The first-order valence-corrected chi connectivity index (χ1v) is 9.76. The van der Waals surface area contributed by atoms with Crippen molar-refractivity contribution in [1.29, 1.82) is 0 Å². The van der Waals surface area contributed by atoms with Crippen LogP contribution in [-0.4, -0.2) is 25.8 Å². The molecule has 0 spiro atoms. The van der Waals surface area contributed by atoms with E-state index in [2.05, 4.69) is 12.2 Å². The summed E-state index contributed by atoms with van der Waals surface area (Å²) in [7, 11) is 0. The van der Waals surface area contributed by atoms with Crippen LogP contribution < -0.4 is 5.32 Å². The molecular weight excluding hydrogens is 258 g/mol. The van der Waals surface area contributed by atoms with Crippen LogP contribution in [0.4, 0.5) is 0 Å². The Morgan fingerprint density at radius 2 is 1.33 bits per heavy atom. The van der Waals surface area contributed by atoms with Gasteiger partial charge in [0, 0.05) is 6.54 Å². The molecule has 0 radical (unpaired) electrons. The second-order valence-corrected chi connectivity index (χ2v) is 6.71. The zero-order valence-electron chi connectivity index (χ0n) is 14.5. The highest BCUT2D eigenvalue weighted by atomic mass is 16.5. The summed E-state index contributed by atoms with van der Waals surface area (Å²) < 4.78 is 5.84. The largest absolute Gasteiger partial charge is 0.377 e. The first-order chi connectivity index (χ1) is 10.4. The molecule has 0 saturated heterocycles. The molecule has 0 heterocycles. The zero-order valence-corrected chi connectivity index (χ0v) is 14.5. The molecule has 1 aliphatic carbocycles. The predicted molar refractivity (Wildman–Crippen MR) is 92.9 cm³/mol. The van der Waals surface area contributed by atoms with Crippen molar-refractivity contribution in [2.24, 2.45) is 0 Å². The summed E-state index contributed by atoms with van der Waals surface area (Å²) in [6.45, 7) is 5.40. The first-order valence-electron chi connectivity index (χ1n) is 9.76. The number of nitrogens with one attached hydrogen (secondary N) is 1. The van der Waals surface area contributed by atoms with E-state index in [0.29, 0.717) is 6.10 Å². The van der Waals surface area contributed by atoms with Gasteiger partial charge in [-0.1, -0.05) is 77.6 Å². The molecule has 21 heavy (non-hydrogen) atoms. The fourth-order valence-corrected chi connectivity index (χ4v) is 3.22. The van der Waals surface area contributed by atoms with Crippen molar-refractivity contribution in [3.63, 3.8) is 0 Å². The fraction of sp³-hybridized carbons (Fsp3) is 1.00. The van der Waals surface area contributed by atoms with E-state index in [9.17, 15) is 0 Å². The van der Waals surface area contributed by atoms with E-state index in [4.69, 9.17) is 4.74 Å². The number of unbranched alkanes of at least 4 members (excludes halogenated alkanes) is 9. The molecule has 1 fully saturated rings. The third-order valence-corrected chi connectivity index (χ3v) is 4.64. The Kier molecular flexibility index (Phi) is 13.4. The lowest BCUT2D eigenvalue weighted by Crippen LogP contribution is -2.23. The van der Waals surface area contributed by atoms with Gasteiger partial charge in [-0.2, -0.15) is 0 Å². The van der Waals surface area contributed by atoms with Crippen LogP contribution in [-0.2, 0) is 4.74 Å². The van der Waals surface area contributed by atoms with Gasteiger partial charge in [0.15, 0.2) is 0 Å². The van der Waals surface area contributed by atoms with Crippen molar-refractivity contribution in [3.8, 4) is 0 Å². The smallest absolute Gasteiger partial charge is 0.0594 e. The van der Waals surface area contributed by atoms with E-state index < -0.39 is 0 Å². The van der Waals surface area contributed by atoms with E-state index >= 15 is 0 Å². The molecule has 0 aromatic carbocycles. The second kappa shape index (κ2) is 14.8. The van der Waals surface area contributed by atoms with Crippen LogP contribution in [0.5, 0.6) is 0 Å². The maximum atomic E-state index is 5.84. The SMILES string of the molecule is CCCCCCCCCCCCNCCOC1CCCC1. The third kappa shape index (κ3) is 12.2. The molecule has 0 aromatic heterocycles.